The molecule has 0 amide bonds. The van der Waals surface area contributed by atoms with E-state index in [0.29, 0.717) is 0 Å². The van der Waals surface area contributed by atoms with Crippen LogP contribution in [0, 0.1) is 10.1 Å². The van der Waals surface area contributed by atoms with E-state index in [1.54, 1.807) is 6.07 Å². The molecule has 0 radical (unpaired) electrons. The summed E-state index contributed by atoms with van der Waals surface area (Å²) in [5.41, 5.74) is -0.148. The molecule has 1 heterocycles. The van der Waals surface area contributed by atoms with Crippen LogP contribution in [0.15, 0.2) is 28.7 Å². The van der Waals surface area contributed by atoms with E-state index in [1.807, 2.05) is 0 Å². The van der Waals surface area contributed by atoms with Crippen molar-refractivity contribution in [2.75, 3.05) is 0 Å². The molecule has 0 saturated heterocycles. The van der Waals surface area contributed by atoms with Crippen LogP contribution < -0.4 is 0 Å². The summed E-state index contributed by atoms with van der Waals surface area (Å²) in [5.74, 6) is -2.20. The first-order chi connectivity index (χ1) is 8.09. The Hall–Kier alpha value is -2.77. The minimum absolute atomic E-state index is 0.0810. The molecule has 0 saturated carbocycles. The smallest absolute Gasteiger partial charge is 0.393 e. The van der Waals surface area contributed by atoms with Crippen molar-refractivity contribution in [3.05, 3.63) is 40.3 Å². The third-order valence-corrected chi connectivity index (χ3v) is 1.94. The molecule has 0 atom stereocenters. The molecule has 0 aliphatic rings. The molecule has 0 fully saturated rings. The zero-order valence-electron chi connectivity index (χ0n) is 8.23. The van der Waals surface area contributed by atoms with Gasteiger partial charge in [0, 0.05) is 6.07 Å². The molecule has 8 heteroatoms. The average molecular weight is 235 g/mol. The highest BCUT2D eigenvalue weighted by Gasteiger charge is 2.21. The van der Waals surface area contributed by atoms with Crippen molar-refractivity contribution in [3.8, 4) is 11.5 Å². The number of carbonyl (C=O) groups is 1. The average Bonchev–Trinajstić information content (AvgIpc) is 2.78. The van der Waals surface area contributed by atoms with Gasteiger partial charge in [0.1, 0.15) is 5.56 Å². The summed E-state index contributed by atoms with van der Waals surface area (Å²) in [6.07, 6.45) is 0. The Bertz CT molecular complexity index is 592. The fourth-order valence-electron chi connectivity index (χ4n) is 1.23. The summed E-state index contributed by atoms with van der Waals surface area (Å²) in [7, 11) is 0. The van der Waals surface area contributed by atoms with Gasteiger partial charge >= 0.3 is 11.9 Å². The Labute approximate surface area is 93.7 Å². The van der Waals surface area contributed by atoms with Gasteiger partial charge < -0.3 is 9.52 Å². The summed E-state index contributed by atoms with van der Waals surface area (Å²) in [5, 5.41) is 26.0. The molecular formula is C9H5N3O5. The van der Waals surface area contributed by atoms with Gasteiger partial charge in [-0.15, -0.1) is 10.2 Å². The highest BCUT2D eigenvalue weighted by atomic mass is 16.6. The van der Waals surface area contributed by atoms with E-state index in [2.05, 4.69) is 10.2 Å². The van der Waals surface area contributed by atoms with Gasteiger partial charge in [-0.05, 0) is 6.07 Å². The SMILES string of the molecule is O=C(O)c1nnc(-c2ccccc2[N+](=O)[O-])o1. The van der Waals surface area contributed by atoms with Crippen LogP contribution in [0.3, 0.4) is 0 Å². The molecule has 0 aliphatic heterocycles. The molecule has 0 aliphatic carbocycles. The number of hydrogen-bond donors (Lipinski definition) is 1. The number of benzene rings is 1. The van der Waals surface area contributed by atoms with Crippen LogP contribution in [0.4, 0.5) is 5.69 Å². The number of aromatic nitrogens is 2. The summed E-state index contributed by atoms with van der Waals surface area (Å²) >= 11 is 0. The molecule has 1 aromatic carbocycles. The van der Waals surface area contributed by atoms with E-state index in [-0.39, 0.29) is 17.1 Å². The Balaban J connectivity index is 2.52. The van der Waals surface area contributed by atoms with E-state index in [0.717, 1.165) is 0 Å². The van der Waals surface area contributed by atoms with Crippen LogP contribution in [-0.2, 0) is 0 Å². The first kappa shape index (κ1) is 10.7. The van der Waals surface area contributed by atoms with Gasteiger partial charge in [0.15, 0.2) is 0 Å². The molecule has 0 unspecified atom stereocenters. The zero-order valence-corrected chi connectivity index (χ0v) is 8.23. The molecular weight excluding hydrogens is 230 g/mol. The standard InChI is InChI=1S/C9H5N3O5/c13-9(14)8-11-10-7(17-8)5-3-1-2-4-6(5)12(15)16/h1-4H,(H,13,14). The van der Waals surface area contributed by atoms with Crippen molar-refractivity contribution in [3.63, 3.8) is 0 Å². The van der Waals surface area contributed by atoms with Gasteiger partial charge in [0.25, 0.3) is 11.6 Å². The van der Waals surface area contributed by atoms with Gasteiger partial charge in [-0.1, -0.05) is 12.1 Å². The first-order valence-corrected chi connectivity index (χ1v) is 4.40. The Morgan fingerprint density at radius 3 is 2.65 bits per heavy atom. The van der Waals surface area contributed by atoms with Gasteiger partial charge in [-0.3, -0.25) is 10.1 Å². The third-order valence-electron chi connectivity index (χ3n) is 1.94. The predicted octanol–water partition coefficient (Wildman–Crippen LogP) is 1.34. The van der Waals surface area contributed by atoms with Crippen LogP contribution in [0.5, 0.6) is 0 Å². The molecule has 0 spiro atoms. The van der Waals surface area contributed by atoms with Gasteiger partial charge in [-0.2, -0.15) is 0 Å². The minimum Gasteiger partial charge on any atom is -0.474 e. The summed E-state index contributed by atoms with van der Waals surface area (Å²) in [6.45, 7) is 0. The second-order valence-electron chi connectivity index (χ2n) is 2.99. The van der Waals surface area contributed by atoms with Crippen molar-refractivity contribution in [2.45, 2.75) is 0 Å². The molecule has 17 heavy (non-hydrogen) atoms. The zero-order chi connectivity index (χ0) is 12.4. The summed E-state index contributed by atoms with van der Waals surface area (Å²) in [6, 6.07) is 5.69. The fourth-order valence-corrected chi connectivity index (χ4v) is 1.23. The van der Waals surface area contributed by atoms with Gasteiger partial charge in [0.2, 0.25) is 0 Å². The molecule has 1 N–H and O–H groups in total. The van der Waals surface area contributed by atoms with Crippen molar-refractivity contribution in [1.29, 1.82) is 0 Å². The van der Waals surface area contributed by atoms with Crippen LogP contribution in [0.1, 0.15) is 10.7 Å². The lowest BCUT2D eigenvalue weighted by Crippen LogP contribution is -1.95. The Kier molecular flexibility index (Phi) is 2.53. The van der Waals surface area contributed by atoms with Crippen molar-refractivity contribution >= 4 is 11.7 Å². The number of nitro groups is 1. The van der Waals surface area contributed by atoms with Crippen LogP contribution in [-0.4, -0.2) is 26.2 Å². The van der Waals surface area contributed by atoms with Crippen molar-refractivity contribution < 1.29 is 19.2 Å². The quantitative estimate of drug-likeness (QED) is 0.629. The second-order valence-corrected chi connectivity index (χ2v) is 2.99. The third kappa shape index (κ3) is 1.95. The topological polar surface area (TPSA) is 119 Å². The lowest BCUT2D eigenvalue weighted by molar-refractivity contribution is -0.384. The van der Waals surface area contributed by atoms with E-state index >= 15 is 0 Å². The maximum Gasteiger partial charge on any atom is 0.393 e. The largest absolute Gasteiger partial charge is 0.474 e. The number of carboxylic acid groups (broad SMARTS) is 1. The van der Waals surface area contributed by atoms with Crippen LogP contribution >= 0.6 is 0 Å². The number of carboxylic acids is 1. The maximum absolute atomic E-state index is 10.7. The molecule has 8 nitrogen and oxygen atoms in total. The monoisotopic (exact) mass is 235 g/mol. The number of aromatic carboxylic acids is 1. The highest BCUT2D eigenvalue weighted by Crippen LogP contribution is 2.28. The van der Waals surface area contributed by atoms with Crippen molar-refractivity contribution in [1.82, 2.24) is 10.2 Å². The first-order valence-electron chi connectivity index (χ1n) is 4.40. The lowest BCUT2D eigenvalue weighted by Gasteiger charge is -1.96. The van der Waals surface area contributed by atoms with Gasteiger partial charge in [-0.25, -0.2) is 4.79 Å². The van der Waals surface area contributed by atoms with E-state index in [9.17, 15) is 14.9 Å². The van der Waals surface area contributed by atoms with E-state index in [4.69, 9.17) is 9.52 Å². The van der Waals surface area contributed by atoms with E-state index < -0.39 is 16.8 Å². The van der Waals surface area contributed by atoms with E-state index in [1.165, 1.54) is 18.2 Å². The molecule has 2 aromatic rings. The van der Waals surface area contributed by atoms with Crippen LogP contribution in [0.25, 0.3) is 11.5 Å². The summed E-state index contributed by atoms with van der Waals surface area (Å²) < 4.78 is 4.80. The Morgan fingerprint density at radius 1 is 1.35 bits per heavy atom. The maximum atomic E-state index is 10.7. The molecule has 0 bridgehead atoms. The molecule has 1 aromatic heterocycles. The summed E-state index contributed by atoms with van der Waals surface area (Å²) in [4.78, 5) is 20.7. The Morgan fingerprint density at radius 2 is 2.06 bits per heavy atom. The molecule has 86 valence electrons. The highest BCUT2D eigenvalue weighted by molar-refractivity contribution is 5.82. The predicted molar refractivity (Wildman–Crippen MR) is 53.3 cm³/mol. The number of rotatable bonds is 3. The number of nitro benzene ring substituents is 1. The lowest BCUT2D eigenvalue weighted by atomic mass is 10.2. The van der Waals surface area contributed by atoms with Gasteiger partial charge in [0.05, 0.1) is 4.92 Å². The molecule has 2 rings (SSSR count). The number of para-hydroxylation sites is 1. The number of hydrogen-bond acceptors (Lipinski definition) is 6. The van der Waals surface area contributed by atoms with Crippen molar-refractivity contribution in [2.24, 2.45) is 0 Å². The fraction of sp³-hybridized carbons (Fsp3) is 0. The normalized spacial score (nSPS) is 10.1. The number of nitrogens with zero attached hydrogens (tertiary/aromatic N) is 3. The van der Waals surface area contributed by atoms with Crippen LogP contribution in [0.2, 0.25) is 0 Å². The second kappa shape index (κ2) is 4.00. The minimum atomic E-state index is -1.39.